The van der Waals surface area contributed by atoms with E-state index >= 15 is 0 Å². The normalized spacial score (nSPS) is 30.2. The van der Waals surface area contributed by atoms with Gasteiger partial charge in [-0.2, -0.15) is 8.42 Å². The number of carbonyl (C=O) groups is 1. The molecule has 0 aliphatic carbocycles. The fourth-order valence-corrected chi connectivity index (χ4v) is 3.09. The molecule has 0 bridgehead atoms. The Morgan fingerprint density at radius 1 is 1.67 bits per heavy atom. The van der Waals surface area contributed by atoms with Crippen LogP contribution < -0.4 is 0 Å². The first-order chi connectivity index (χ1) is 5.31. The van der Waals surface area contributed by atoms with Crippen molar-refractivity contribution in [1.29, 1.82) is 0 Å². The highest BCUT2D eigenvalue weighted by Crippen LogP contribution is 2.38. The number of β-lactam (4-membered cyclic amide) rings is 1. The summed E-state index contributed by atoms with van der Waals surface area (Å²) in [4.78, 5) is 10.9. The zero-order valence-electron chi connectivity index (χ0n) is 6.87. The highest BCUT2D eigenvalue weighted by molar-refractivity contribution is 8.12. The average molecular weight is 212 g/mol. The third-order valence-electron chi connectivity index (χ3n) is 2.23. The van der Waals surface area contributed by atoms with Gasteiger partial charge in [-0.25, -0.2) is 4.31 Å². The van der Waals surface area contributed by atoms with Crippen LogP contribution in [0.15, 0.2) is 0 Å². The molecular formula is C6H10ClNO3S. The third-order valence-corrected chi connectivity index (χ3v) is 3.72. The van der Waals surface area contributed by atoms with Gasteiger partial charge < -0.3 is 0 Å². The minimum atomic E-state index is -3.88. The van der Waals surface area contributed by atoms with Crippen molar-refractivity contribution in [3.8, 4) is 0 Å². The molecule has 0 N–H and O–H groups in total. The number of rotatable bonds is 2. The summed E-state index contributed by atoms with van der Waals surface area (Å²) in [5, 5.41) is 0. The Balaban J connectivity index is 2.97. The number of hydrogen-bond acceptors (Lipinski definition) is 3. The Morgan fingerprint density at radius 3 is 2.33 bits per heavy atom. The molecule has 0 radical (unpaired) electrons. The molecule has 0 unspecified atom stereocenters. The second-order valence-corrected chi connectivity index (χ2v) is 5.49. The van der Waals surface area contributed by atoms with Gasteiger partial charge in [-0.3, -0.25) is 4.79 Å². The summed E-state index contributed by atoms with van der Waals surface area (Å²) in [6.45, 7) is 3.52. The van der Waals surface area contributed by atoms with Gasteiger partial charge in [0.15, 0.2) is 0 Å². The van der Waals surface area contributed by atoms with Crippen LogP contribution in [0.5, 0.6) is 0 Å². The average Bonchev–Trinajstić information content (AvgIpc) is 1.82. The smallest absolute Gasteiger partial charge is 0.274 e. The minimum absolute atomic E-state index is 0.259. The van der Waals surface area contributed by atoms with E-state index in [1.807, 2.05) is 6.92 Å². The van der Waals surface area contributed by atoms with E-state index in [2.05, 4.69) is 0 Å². The van der Waals surface area contributed by atoms with E-state index in [0.29, 0.717) is 6.42 Å². The van der Waals surface area contributed by atoms with Crippen molar-refractivity contribution in [2.24, 2.45) is 0 Å². The predicted octanol–water partition coefficient (Wildman–Crippen LogP) is 0.871. The lowest BCUT2D eigenvalue weighted by molar-refractivity contribution is -0.144. The lowest BCUT2D eigenvalue weighted by atomic mass is 9.87. The molecule has 1 atom stereocenters. The monoisotopic (exact) mass is 211 g/mol. The van der Waals surface area contributed by atoms with Crippen molar-refractivity contribution in [2.45, 2.75) is 32.2 Å². The second-order valence-electron chi connectivity index (χ2n) is 3.13. The van der Waals surface area contributed by atoms with Gasteiger partial charge in [0.25, 0.3) is 0 Å². The van der Waals surface area contributed by atoms with E-state index in [0.717, 1.165) is 4.31 Å². The molecular weight excluding hydrogens is 202 g/mol. The quantitative estimate of drug-likeness (QED) is 0.503. The molecule has 0 aromatic rings. The van der Waals surface area contributed by atoms with Crippen molar-refractivity contribution in [3.63, 3.8) is 0 Å². The van der Waals surface area contributed by atoms with Crippen LogP contribution in [0.4, 0.5) is 0 Å². The molecule has 1 saturated heterocycles. The van der Waals surface area contributed by atoms with E-state index in [1.165, 1.54) is 0 Å². The van der Waals surface area contributed by atoms with Gasteiger partial charge in [0.2, 0.25) is 5.91 Å². The van der Waals surface area contributed by atoms with Crippen molar-refractivity contribution in [1.82, 2.24) is 4.31 Å². The van der Waals surface area contributed by atoms with Gasteiger partial charge in [-0.05, 0) is 13.3 Å². The Kier molecular flexibility index (Phi) is 2.12. The van der Waals surface area contributed by atoms with Crippen molar-refractivity contribution >= 4 is 25.8 Å². The molecule has 1 heterocycles. The summed E-state index contributed by atoms with van der Waals surface area (Å²) in [7, 11) is 1.19. The molecule has 0 aromatic heterocycles. The van der Waals surface area contributed by atoms with Gasteiger partial charge >= 0.3 is 9.24 Å². The van der Waals surface area contributed by atoms with E-state index in [-0.39, 0.29) is 6.42 Å². The van der Waals surface area contributed by atoms with Gasteiger partial charge in [-0.1, -0.05) is 6.92 Å². The van der Waals surface area contributed by atoms with Crippen molar-refractivity contribution < 1.29 is 13.2 Å². The third kappa shape index (κ3) is 1.31. The molecule has 4 nitrogen and oxygen atoms in total. The van der Waals surface area contributed by atoms with Crippen LogP contribution in [-0.4, -0.2) is 24.2 Å². The molecule has 1 aliphatic heterocycles. The van der Waals surface area contributed by atoms with E-state index in [1.54, 1.807) is 6.92 Å². The first-order valence-electron chi connectivity index (χ1n) is 3.59. The first-order valence-corrected chi connectivity index (χ1v) is 5.86. The van der Waals surface area contributed by atoms with Crippen LogP contribution >= 0.6 is 10.7 Å². The van der Waals surface area contributed by atoms with Gasteiger partial charge in [-0.15, -0.1) is 0 Å². The van der Waals surface area contributed by atoms with Crippen molar-refractivity contribution in [2.75, 3.05) is 0 Å². The van der Waals surface area contributed by atoms with Crippen LogP contribution in [0.25, 0.3) is 0 Å². The maximum absolute atomic E-state index is 10.9. The highest BCUT2D eigenvalue weighted by atomic mass is 35.7. The van der Waals surface area contributed by atoms with Crippen LogP contribution in [0.2, 0.25) is 0 Å². The van der Waals surface area contributed by atoms with E-state index in [9.17, 15) is 13.2 Å². The number of halogens is 1. The molecule has 12 heavy (non-hydrogen) atoms. The Morgan fingerprint density at radius 2 is 2.17 bits per heavy atom. The zero-order valence-corrected chi connectivity index (χ0v) is 8.44. The molecule has 0 saturated carbocycles. The minimum Gasteiger partial charge on any atom is -0.274 e. The molecule has 0 spiro atoms. The number of hydrogen-bond donors (Lipinski definition) is 0. The number of carbonyl (C=O) groups excluding carboxylic acids is 1. The summed E-state index contributed by atoms with van der Waals surface area (Å²) in [6.07, 6.45) is 0.847. The summed E-state index contributed by atoms with van der Waals surface area (Å²) < 4.78 is 22.5. The molecule has 6 heteroatoms. The summed E-state index contributed by atoms with van der Waals surface area (Å²) in [6, 6.07) is 0. The molecule has 1 amide bonds. The SMILES string of the molecule is CC[C@]1(C)CC(=O)N1S(=O)(=O)Cl. The molecule has 70 valence electrons. The summed E-state index contributed by atoms with van der Waals surface area (Å²) in [5.41, 5.74) is -0.600. The number of nitrogens with zero attached hydrogens (tertiary/aromatic N) is 1. The lowest BCUT2D eigenvalue weighted by Crippen LogP contribution is -2.62. The van der Waals surface area contributed by atoms with Gasteiger partial charge in [0.05, 0.1) is 12.0 Å². The fraction of sp³-hybridized carbons (Fsp3) is 0.833. The standard InChI is InChI=1S/C6H10ClNO3S/c1-3-6(2)4-5(9)8(6)12(7,10)11/h3-4H2,1-2H3/t6-/m1/s1. The summed E-state index contributed by atoms with van der Waals surface area (Å²) >= 11 is 0. The van der Waals surface area contributed by atoms with Crippen LogP contribution in [0.1, 0.15) is 26.7 Å². The van der Waals surface area contributed by atoms with E-state index in [4.69, 9.17) is 10.7 Å². The van der Waals surface area contributed by atoms with E-state index < -0.39 is 20.7 Å². The highest BCUT2D eigenvalue weighted by Gasteiger charge is 2.51. The van der Waals surface area contributed by atoms with Gasteiger partial charge in [0.1, 0.15) is 0 Å². The molecule has 1 rings (SSSR count). The Labute approximate surface area is 76.0 Å². The Bertz CT molecular complexity index is 313. The maximum atomic E-state index is 10.9. The van der Waals surface area contributed by atoms with Gasteiger partial charge in [0, 0.05) is 10.7 Å². The second kappa shape index (κ2) is 2.60. The maximum Gasteiger partial charge on any atom is 0.324 e. The van der Waals surface area contributed by atoms with Crippen LogP contribution in [0.3, 0.4) is 0 Å². The Hall–Kier alpha value is -0.290. The predicted molar refractivity (Wildman–Crippen MR) is 44.9 cm³/mol. The topological polar surface area (TPSA) is 54.5 Å². The van der Waals surface area contributed by atoms with Crippen LogP contribution in [-0.2, 0) is 14.0 Å². The first kappa shape index (κ1) is 9.80. The van der Waals surface area contributed by atoms with Crippen LogP contribution in [0, 0.1) is 0 Å². The van der Waals surface area contributed by atoms with Crippen molar-refractivity contribution in [3.05, 3.63) is 0 Å². The lowest BCUT2D eigenvalue weighted by Gasteiger charge is -2.46. The molecule has 1 aliphatic rings. The molecule has 1 fully saturated rings. The zero-order chi connectivity index (χ0) is 9.57. The summed E-state index contributed by atoms with van der Waals surface area (Å²) in [5.74, 6) is -0.422. The number of amides is 1. The largest absolute Gasteiger partial charge is 0.324 e. The molecule has 0 aromatic carbocycles. The fourth-order valence-electron chi connectivity index (χ4n) is 1.33.